The lowest BCUT2D eigenvalue weighted by Crippen LogP contribution is -2.11. The number of rotatable bonds is 4. The molecule has 84 valence electrons. The molecule has 2 N–H and O–H groups in total. The Hall–Kier alpha value is -1.45. The van der Waals surface area contributed by atoms with E-state index in [1.807, 2.05) is 27.7 Å². The van der Waals surface area contributed by atoms with E-state index in [1.165, 1.54) is 0 Å². The summed E-state index contributed by atoms with van der Waals surface area (Å²) in [4.78, 5) is 4.18. The smallest absolute Gasteiger partial charge is 0.240 e. The van der Waals surface area contributed by atoms with E-state index in [0.717, 1.165) is 0 Å². The molecule has 4 nitrogen and oxygen atoms in total. The molecule has 0 aromatic carbocycles. The summed E-state index contributed by atoms with van der Waals surface area (Å²) in [6.07, 6.45) is 0.141. The maximum absolute atomic E-state index is 5.73. The molecule has 0 radical (unpaired) electrons. The highest BCUT2D eigenvalue weighted by Gasteiger charge is 2.07. The fourth-order valence-corrected chi connectivity index (χ4v) is 1.06. The molecule has 1 heterocycles. The van der Waals surface area contributed by atoms with Gasteiger partial charge in [-0.15, -0.1) is 0 Å². The topological polar surface area (TPSA) is 57.4 Å². The van der Waals surface area contributed by atoms with Crippen molar-refractivity contribution in [1.82, 2.24) is 4.98 Å². The molecule has 15 heavy (non-hydrogen) atoms. The van der Waals surface area contributed by atoms with Crippen molar-refractivity contribution < 1.29 is 9.47 Å². The predicted molar refractivity (Wildman–Crippen MR) is 60.2 cm³/mol. The van der Waals surface area contributed by atoms with Crippen molar-refractivity contribution in [2.24, 2.45) is 0 Å². The van der Waals surface area contributed by atoms with E-state index in [0.29, 0.717) is 17.4 Å². The molecule has 0 aliphatic heterocycles. The molecular formula is C11H18N2O2. The highest BCUT2D eigenvalue weighted by molar-refractivity contribution is 5.49. The molecule has 0 amide bonds. The number of nitrogen functional groups attached to an aromatic ring is 1. The second kappa shape index (κ2) is 4.87. The Bertz CT molecular complexity index is 324. The van der Waals surface area contributed by atoms with Crippen LogP contribution in [0.3, 0.4) is 0 Å². The van der Waals surface area contributed by atoms with Gasteiger partial charge in [0.05, 0.1) is 17.9 Å². The molecule has 1 rings (SSSR count). The maximum Gasteiger partial charge on any atom is 0.240 e. The van der Waals surface area contributed by atoms with Gasteiger partial charge in [-0.1, -0.05) is 0 Å². The van der Waals surface area contributed by atoms with E-state index in [9.17, 15) is 0 Å². The van der Waals surface area contributed by atoms with Gasteiger partial charge in [0.2, 0.25) is 11.8 Å². The Kier molecular flexibility index (Phi) is 3.77. The molecule has 1 aromatic rings. The largest absolute Gasteiger partial charge is 0.475 e. The molecule has 0 atom stereocenters. The Labute approximate surface area is 90.4 Å². The second-order valence-corrected chi connectivity index (χ2v) is 3.88. The van der Waals surface area contributed by atoms with Crippen LogP contribution in [-0.4, -0.2) is 17.2 Å². The highest BCUT2D eigenvalue weighted by atomic mass is 16.5. The van der Waals surface area contributed by atoms with E-state index in [-0.39, 0.29) is 12.2 Å². The minimum atomic E-state index is 0.0501. The standard InChI is InChI=1S/C11H18N2O2/c1-7(2)14-10-6-5-9(12)11(13-10)15-8(3)4/h5-8H,12H2,1-4H3. The Morgan fingerprint density at radius 2 is 1.67 bits per heavy atom. The summed E-state index contributed by atoms with van der Waals surface area (Å²) in [6, 6.07) is 3.48. The number of anilines is 1. The fourth-order valence-electron chi connectivity index (χ4n) is 1.06. The van der Waals surface area contributed by atoms with Crippen molar-refractivity contribution in [2.45, 2.75) is 39.9 Å². The molecule has 0 saturated heterocycles. The van der Waals surface area contributed by atoms with Crippen LogP contribution < -0.4 is 15.2 Å². The van der Waals surface area contributed by atoms with Gasteiger partial charge in [0, 0.05) is 6.07 Å². The van der Waals surface area contributed by atoms with Crippen LogP contribution >= 0.6 is 0 Å². The zero-order valence-electron chi connectivity index (χ0n) is 9.65. The van der Waals surface area contributed by atoms with E-state index in [2.05, 4.69) is 4.98 Å². The molecule has 1 aromatic heterocycles. The SMILES string of the molecule is CC(C)Oc1ccc(N)c(OC(C)C)n1. The van der Waals surface area contributed by atoms with Gasteiger partial charge < -0.3 is 15.2 Å². The number of ether oxygens (including phenoxy) is 2. The molecule has 0 aliphatic rings. The van der Waals surface area contributed by atoms with Gasteiger partial charge in [0.1, 0.15) is 0 Å². The summed E-state index contributed by atoms with van der Waals surface area (Å²) >= 11 is 0. The summed E-state index contributed by atoms with van der Waals surface area (Å²) in [6.45, 7) is 7.75. The lowest BCUT2D eigenvalue weighted by molar-refractivity contribution is 0.212. The summed E-state index contributed by atoms with van der Waals surface area (Å²) < 4.78 is 10.9. The Morgan fingerprint density at radius 1 is 1.07 bits per heavy atom. The minimum absolute atomic E-state index is 0.0501. The van der Waals surface area contributed by atoms with Crippen molar-refractivity contribution >= 4 is 5.69 Å². The van der Waals surface area contributed by atoms with Crippen molar-refractivity contribution in [3.63, 3.8) is 0 Å². The van der Waals surface area contributed by atoms with E-state index in [4.69, 9.17) is 15.2 Å². The van der Waals surface area contributed by atoms with Gasteiger partial charge in [0.25, 0.3) is 0 Å². The van der Waals surface area contributed by atoms with E-state index >= 15 is 0 Å². The van der Waals surface area contributed by atoms with Gasteiger partial charge in [-0.25, -0.2) is 0 Å². The van der Waals surface area contributed by atoms with Crippen LogP contribution in [0.25, 0.3) is 0 Å². The lowest BCUT2D eigenvalue weighted by atomic mass is 10.4. The molecule has 0 aliphatic carbocycles. The summed E-state index contributed by atoms with van der Waals surface area (Å²) in [7, 11) is 0. The first-order valence-corrected chi connectivity index (χ1v) is 5.09. The fraction of sp³-hybridized carbons (Fsp3) is 0.545. The zero-order chi connectivity index (χ0) is 11.4. The van der Waals surface area contributed by atoms with Crippen molar-refractivity contribution in [3.05, 3.63) is 12.1 Å². The first-order chi connectivity index (χ1) is 6.99. The van der Waals surface area contributed by atoms with Crippen molar-refractivity contribution in [3.8, 4) is 11.8 Å². The van der Waals surface area contributed by atoms with Gasteiger partial charge in [-0.05, 0) is 33.8 Å². The first kappa shape index (κ1) is 11.6. The molecule has 0 unspecified atom stereocenters. The van der Waals surface area contributed by atoms with Gasteiger partial charge in [-0.3, -0.25) is 0 Å². The Morgan fingerprint density at radius 3 is 2.20 bits per heavy atom. The first-order valence-electron chi connectivity index (χ1n) is 5.09. The van der Waals surface area contributed by atoms with Crippen LogP contribution in [0.2, 0.25) is 0 Å². The third-order valence-electron chi connectivity index (χ3n) is 1.57. The molecular weight excluding hydrogens is 192 g/mol. The van der Waals surface area contributed by atoms with Crippen LogP contribution in [-0.2, 0) is 0 Å². The number of nitrogens with zero attached hydrogens (tertiary/aromatic N) is 1. The molecule has 0 spiro atoms. The quantitative estimate of drug-likeness (QED) is 0.828. The van der Waals surface area contributed by atoms with E-state index < -0.39 is 0 Å². The molecule has 0 saturated carbocycles. The average molecular weight is 210 g/mol. The minimum Gasteiger partial charge on any atom is -0.475 e. The normalized spacial score (nSPS) is 10.8. The third kappa shape index (κ3) is 3.65. The molecule has 0 bridgehead atoms. The van der Waals surface area contributed by atoms with Gasteiger partial charge >= 0.3 is 0 Å². The van der Waals surface area contributed by atoms with Gasteiger partial charge in [0.15, 0.2) is 0 Å². The highest BCUT2D eigenvalue weighted by Crippen LogP contribution is 2.23. The van der Waals surface area contributed by atoms with Crippen LogP contribution in [0.4, 0.5) is 5.69 Å². The number of nitrogens with two attached hydrogens (primary N) is 1. The van der Waals surface area contributed by atoms with Crippen LogP contribution in [0.5, 0.6) is 11.8 Å². The Balaban J connectivity index is 2.85. The average Bonchev–Trinajstić information content (AvgIpc) is 2.09. The van der Waals surface area contributed by atoms with Crippen LogP contribution in [0, 0.1) is 0 Å². The number of hydrogen-bond acceptors (Lipinski definition) is 4. The van der Waals surface area contributed by atoms with Gasteiger partial charge in [-0.2, -0.15) is 4.98 Å². The van der Waals surface area contributed by atoms with Crippen LogP contribution in [0.15, 0.2) is 12.1 Å². The third-order valence-corrected chi connectivity index (χ3v) is 1.57. The monoisotopic (exact) mass is 210 g/mol. The predicted octanol–water partition coefficient (Wildman–Crippen LogP) is 2.24. The van der Waals surface area contributed by atoms with Crippen molar-refractivity contribution in [2.75, 3.05) is 5.73 Å². The summed E-state index contributed by atoms with van der Waals surface area (Å²) in [5.74, 6) is 0.970. The lowest BCUT2D eigenvalue weighted by Gasteiger charge is -2.13. The zero-order valence-corrected chi connectivity index (χ0v) is 9.65. The number of hydrogen-bond donors (Lipinski definition) is 1. The summed E-state index contributed by atoms with van der Waals surface area (Å²) in [5.41, 5.74) is 6.25. The van der Waals surface area contributed by atoms with E-state index in [1.54, 1.807) is 12.1 Å². The molecule has 4 heteroatoms. The molecule has 0 fully saturated rings. The second-order valence-electron chi connectivity index (χ2n) is 3.88. The maximum atomic E-state index is 5.73. The number of pyridine rings is 1. The van der Waals surface area contributed by atoms with Crippen LogP contribution in [0.1, 0.15) is 27.7 Å². The van der Waals surface area contributed by atoms with Crippen molar-refractivity contribution in [1.29, 1.82) is 0 Å². The summed E-state index contributed by atoms with van der Waals surface area (Å²) in [5, 5.41) is 0. The number of aromatic nitrogens is 1.